The summed E-state index contributed by atoms with van der Waals surface area (Å²) in [5.41, 5.74) is 4.16. The Hall–Kier alpha value is -3.09. The molecule has 29 heavy (non-hydrogen) atoms. The molecule has 142 valence electrons. The number of nitrogens with zero attached hydrogens (tertiary/aromatic N) is 3. The first-order valence-corrected chi connectivity index (χ1v) is 10.5. The number of para-hydroxylation sites is 1. The van der Waals surface area contributed by atoms with E-state index in [4.69, 9.17) is 16.3 Å². The molecule has 4 aromatic rings. The van der Waals surface area contributed by atoms with Crippen molar-refractivity contribution in [3.63, 3.8) is 0 Å². The molecule has 0 radical (unpaired) electrons. The van der Waals surface area contributed by atoms with Gasteiger partial charge in [0, 0.05) is 21.0 Å². The number of rotatable bonds is 2. The molecule has 2 aromatic carbocycles. The molecule has 6 rings (SSSR count). The number of nitrogens with one attached hydrogen (secondary N) is 1. The first kappa shape index (κ1) is 16.8. The number of thiophene rings is 1. The molecule has 5 nitrogen and oxygen atoms in total. The summed E-state index contributed by atoms with van der Waals surface area (Å²) in [5, 5.41) is 10.8. The normalized spacial score (nSPS) is 19.6. The summed E-state index contributed by atoms with van der Waals surface area (Å²) in [6, 6.07) is 20.0. The molecule has 0 aliphatic carbocycles. The van der Waals surface area contributed by atoms with Gasteiger partial charge in [-0.1, -0.05) is 41.9 Å². The van der Waals surface area contributed by atoms with Crippen LogP contribution in [0, 0.1) is 0 Å². The van der Waals surface area contributed by atoms with Gasteiger partial charge in [-0.05, 0) is 41.3 Å². The van der Waals surface area contributed by atoms with Gasteiger partial charge in [-0.25, -0.2) is 4.68 Å². The lowest BCUT2D eigenvalue weighted by Gasteiger charge is -2.38. The molecule has 4 heterocycles. The fourth-order valence-corrected chi connectivity index (χ4v) is 5.11. The van der Waals surface area contributed by atoms with Crippen LogP contribution in [0.5, 0.6) is 5.75 Å². The van der Waals surface area contributed by atoms with E-state index in [1.807, 2.05) is 41.1 Å². The van der Waals surface area contributed by atoms with Crippen molar-refractivity contribution in [2.75, 3.05) is 5.32 Å². The predicted molar refractivity (Wildman–Crippen MR) is 114 cm³/mol. The highest BCUT2D eigenvalue weighted by Gasteiger charge is 2.41. The topological polar surface area (TPSA) is 52.0 Å². The maximum atomic E-state index is 6.55. The number of fused-ring (bicyclic) bond motifs is 3. The number of ether oxygens (including phenoxy) is 1. The van der Waals surface area contributed by atoms with Gasteiger partial charge in [-0.3, -0.25) is 0 Å². The molecule has 0 saturated carbocycles. The molecule has 0 bridgehead atoms. The zero-order valence-electron chi connectivity index (χ0n) is 15.1. The Labute approximate surface area is 176 Å². The van der Waals surface area contributed by atoms with E-state index in [1.54, 1.807) is 17.7 Å². The highest BCUT2D eigenvalue weighted by Crippen LogP contribution is 2.51. The van der Waals surface area contributed by atoms with E-state index in [2.05, 4.69) is 45.0 Å². The lowest BCUT2D eigenvalue weighted by atomic mass is 9.87. The van der Waals surface area contributed by atoms with Crippen molar-refractivity contribution in [3.8, 4) is 5.75 Å². The fraction of sp³-hybridized carbons (Fsp3) is 0.0909. The van der Waals surface area contributed by atoms with Gasteiger partial charge in [0.15, 0.2) is 0 Å². The van der Waals surface area contributed by atoms with Crippen LogP contribution in [0.4, 0.5) is 5.95 Å². The third-order valence-electron chi connectivity index (χ3n) is 5.29. The van der Waals surface area contributed by atoms with Crippen LogP contribution in [0.3, 0.4) is 0 Å². The molecule has 7 heteroatoms. The van der Waals surface area contributed by atoms with E-state index in [0.29, 0.717) is 5.02 Å². The minimum Gasteiger partial charge on any atom is -0.480 e. The summed E-state index contributed by atoms with van der Waals surface area (Å²) in [6.45, 7) is 0. The van der Waals surface area contributed by atoms with Crippen molar-refractivity contribution in [2.24, 2.45) is 0 Å². The zero-order valence-corrected chi connectivity index (χ0v) is 16.7. The van der Waals surface area contributed by atoms with Crippen LogP contribution in [0.15, 0.2) is 77.9 Å². The molecular formula is C22H15ClN4OS. The number of hydrogen-bond donors (Lipinski definition) is 1. The Bertz CT molecular complexity index is 1250. The molecule has 2 aliphatic heterocycles. The summed E-state index contributed by atoms with van der Waals surface area (Å²) in [6.07, 6.45) is 1.29. The van der Waals surface area contributed by atoms with Crippen molar-refractivity contribution >= 4 is 34.6 Å². The number of anilines is 1. The summed E-state index contributed by atoms with van der Waals surface area (Å²) in [7, 11) is 0. The molecule has 0 spiro atoms. The molecule has 1 N–H and O–H groups in total. The average molecular weight is 419 g/mol. The molecule has 0 unspecified atom stereocenters. The van der Waals surface area contributed by atoms with Crippen molar-refractivity contribution in [3.05, 3.63) is 99.0 Å². The Morgan fingerprint density at radius 3 is 2.86 bits per heavy atom. The second kappa shape index (κ2) is 6.47. The molecule has 0 amide bonds. The van der Waals surface area contributed by atoms with Crippen molar-refractivity contribution in [2.45, 2.75) is 12.1 Å². The summed E-state index contributed by atoms with van der Waals surface area (Å²) in [4.78, 5) is 5.62. The van der Waals surface area contributed by atoms with E-state index in [9.17, 15) is 0 Å². The van der Waals surface area contributed by atoms with Crippen LogP contribution >= 0.6 is 22.9 Å². The molecule has 2 atom stereocenters. The predicted octanol–water partition coefficient (Wildman–Crippen LogP) is 5.55. The lowest BCUT2D eigenvalue weighted by Crippen LogP contribution is -2.32. The molecular weight excluding hydrogens is 404 g/mol. The van der Waals surface area contributed by atoms with Crippen molar-refractivity contribution in [1.82, 2.24) is 14.8 Å². The van der Waals surface area contributed by atoms with E-state index in [1.165, 1.54) is 4.88 Å². The van der Waals surface area contributed by atoms with Crippen LogP contribution in [0.25, 0.3) is 5.70 Å². The second-order valence-electron chi connectivity index (χ2n) is 6.95. The standard InChI is InChI=1S/C22H15ClN4OS/c23-14-6-3-5-13(11-14)21-18-19(15-7-1-2-8-16(15)28-21)26-22-24-12-25-27(22)20(18)17-9-4-10-29-17/h1-12,20-21H,(H,24,25,26)/t20-,21+/m1/s1. The van der Waals surface area contributed by atoms with E-state index in [-0.39, 0.29) is 12.1 Å². The van der Waals surface area contributed by atoms with E-state index in [0.717, 1.165) is 34.1 Å². The van der Waals surface area contributed by atoms with E-state index < -0.39 is 0 Å². The number of benzene rings is 2. The molecule has 2 aliphatic rings. The Morgan fingerprint density at radius 2 is 2.00 bits per heavy atom. The van der Waals surface area contributed by atoms with Gasteiger partial charge in [0.2, 0.25) is 5.95 Å². The van der Waals surface area contributed by atoms with Crippen LogP contribution in [-0.2, 0) is 0 Å². The highest BCUT2D eigenvalue weighted by molar-refractivity contribution is 7.10. The maximum absolute atomic E-state index is 6.55. The number of aromatic nitrogens is 3. The molecule has 2 aromatic heterocycles. The Morgan fingerprint density at radius 1 is 1.07 bits per heavy atom. The highest BCUT2D eigenvalue weighted by atomic mass is 35.5. The first-order chi connectivity index (χ1) is 14.3. The third kappa shape index (κ3) is 2.60. The van der Waals surface area contributed by atoms with Crippen LogP contribution in [0.1, 0.15) is 28.1 Å². The van der Waals surface area contributed by atoms with Gasteiger partial charge in [-0.2, -0.15) is 10.1 Å². The number of hydrogen-bond acceptors (Lipinski definition) is 5. The summed E-state index contributed by atoms with van der Waals surface area (Å²) >= 11 is 8.03. The van der Waals surface area contributed by atoms with Crippen LogP contribution < -0.4 is 10.1 Å². The number of halogens is 1. The summed E-state index contributed by atoms with van der Waals surface area (Å²) in [5.74, 6) is 1.56. The van der Waals surface area contributed by atoms with E-state index >= 15 is 0 Å². The van der Waals surface area contributed by atoms with Gasteiger partial charge in [-0.15, -0.1) is 11.3 Å². The maximum Gasteiger partial charge on any atom is 0.226 e. The lowest BCUT2D eigenvalue weighted by molar-refractivity contribution is 0.223. The molecule has 0 saturated heterocycles. The van der Waals surface area contributed by atoms with Crippen LogP contribution in [0.2, 0.25) is 5.02 Å². The molecule has 0 fully saturated rings. The van der Waals surface area contributed by atoms with Gasteiger partial charge >= 0.3 is 0 Å². The second-order valence-corrected chi connectivity index (χ2v) is 8.37. The van der Waals surface area contributed by atoms with Crippen molar-refractivity contribution in [1.29, 1.82) is 0 Å². The third-order valence-corrected chi connectivity index (χ3v) is 6.45. The van der Waals surface area contributed by atoms with Gasteiger partial charge in [0.25, 0.3) is 0 Å². The Balaban J connectivity index is 1.64. The van der Waals surface area contributed by atoms with Gasteiger partial charge < -0.3 is 10.1 Å². The zero-order chi connectivity index (χ0) is 19.4. The monoisotopic (exact) mass is 418 g/mol. The van der Waals surface area contributed by atoms with Gasteiger partial charge in [0.05, 0.1) is 5.70 Å². The quantitative estimate of drug-likeness (QED) is 0.463. The van der Waals surface area contributed by atoms with Crippen LogP contribution in [-0.4, -0.2) is 14.8 Å². The van der Waals surface area contributed by atoms with Gasteiger partial charge in [0.1, 0.15) is 24.2 Å². The Kier molecular flexibility index (Phi) is 3.76. The SMILES string of the molecule is Clc1cccc([C@@H]2Oc3ccccc3C3=C2[C@@H](c2cccs2)n2ncnc2N3)c1. The minimum atomic E-state index is -0.296. The fourth-order valence-electron chi connectivity index (χ4n) is 4.08. The largest absolute Gasteiger partial charge is 0.480 e. The smallest absolute Gasteiger partial charge is 0.226 e. The summed E-state index contributed by atoms with van der Waals surface area (Å²) < 4.78 is 8.48. The van der Waals surface area contributed by atoms with Crippen molar-refractivity contribution < 1.29 is 4.74 Å². The average Bonchev–Trinajstić information content (AvgIpc) is 3.43. The first-order valence-electron chi connectivity index (χ1n) is 9.25. The minimum absolute atomic E-state index is 0.110.